The van der Waals surface area contributed by atoms with Crippen molar-refractivity contribution in [2.75, 3.05) is 0 Å². The molecule has 0 aliphatic heterocycles. The van der Waals surface area contributed by atoms with Crippen LogP contribution in [0.5, 0.6) is 0 Å². The van der Waals surface area contributed by atoms with Gasteiger partial charge >= 0.3 is 0 Å². The Labute approximate surface area is 125 Å². The standard InChI is InChI=1S/C14H13ClN4S/c1-19-7-6-16-13(19)12-17-11(15)10-8-4-2-3-5-9(8)20-14(10)18-12/h6-7H,2-5H2,1H3. The normalized spacial score (nSPS) is 14.7. The second kappa shape index (κ2) is 4.53. The van der Waals surface area contributed by atoms with Crippen LogP contribution in [0, 0.1) is 0 Å². The highest BCUT2D eigenvalue weighted by molar-refractivity contribution is 7.19. The predicted octanol–water partition coefficient (Wildman–Crippen LogP) is 3.62. The van der Waals surface area contributed by atoms with Gasteiger partial charge in [-0.25, -0.2) is 15.0 Å². The van der Waals surface area contributed by atoms with E-state index in [1.807, 2.05) is 17.8 Å². The lowest BCUT2D eigenvalue weighted by molar-refractivity contribution is 0.700. The van der Waals surface area contributed by atoms with Gasteiger partial charge in [0.2, 0.25) is 0 Å². The molecule has 3 heterocycles. The molecule has 102 valence electrons. The molecule has 3 aromatic rings. The largest absolute Gasteiger partial charge is 0.331 e. The Kier molecular flexibility index (Phi) is 2.79. The molecule has 0 bridgehead atoms. The molecule has 0 N–H and O–H groups in total. The molecule has 0 unspecified atom stereocenters. The Morgan fingerprint density at radius 2 is 2.10 bits per heavy atom. The molecule has 6 heteroatoms. The summed E-state index contributed by atoms with van der Waals surface area (Å²) in [6, 6.07) is 0. The van der Waals surface area contributed by atoms with E-state index >= 15 is 0 Å². The number of thiophene rings is 1. The van der Waals surface area contributed by atoms with Gasteiger partial charge in [0.15, 0.2) is 11.6 Å². The minimum Gasteiger partial charge on any atom is -0.331 e. The van der Waals surface area contributed by atoms with Crippen LogP contribution in [0.4, 0.5) is 0 Å². The molecular weight excluding hydrogens is 292 g/mol. The van der Waals surface area contributed by atoms with Crippen molar-refractivity contribution in [3.05, 3.63) is 28.0 Å². The third-order valence-corrected chi connectivity index (χ3v) is 5.25. The molecule has 0 atom stereocenters. The van der Waals surface area contributed by atoms with E-state index in [4.69, 9.17) is 11.6 Å². The minimum atomic E-state index is 0.562. The van der Waals surface area contributed by atoms with Gasteiger partial charge < -0.3 is 4.57 Å². The van der Waals surface area contributed by atoms with Gasteiger partial charge in [-0.15, -0.1) is 11.3 Å². The van der Waals surface area contributed by atoms with Crippen molar-refractivity contribution in [3.63, 3.8) is 0 Å². The van der Waals surface area contributed by atoms with Crippen LogP contribution in [0.1, 0.15) is 23.3 Å². The number of fused-ring (bicyclic) bond motifs is 3. The van der Waals surface area contributed by atoms with Crippen LogP contribution in [0.25, 0.3) is 21.9 Å². The molecule has 0 radical (unpaired) electrons. The summed E-state index contributed by atoms with van der Waals surface area (Å²) in [7, 11) is 1.93. The number of rotatable bonds is 1. The first kappa shape index (κ1) is 12.3. The van der Waals surface area contributed by atoms with Crippen LogP contribution < -0.4 is 0 Å². The second-order valence-electron chi connectivity index (χ2n) is 5.09. The molecule has 20 heavy (non-hydrogen) atoms. The van der Waals surface area contributed by atoms with E-state index in [9.17, 15) is 0 Å². The van der Waals surface area contributed by atoms with Crippen molar-refractivity contribution >= 4 is 33.2 Å². The van der Waals surface area contributed by atoms with Crippen molar-refractivity contribution in [2.45, 2.75) is 25.7 Å². The molecule has 0 saturated heterocycles. The Balaban J connectivity index is 1.97. The van der Waals surface area contributed by atoms with Gasteiger partial charge in [0.05, 0.1) is 5.39 Å². The Bertz CT molecular complexity index is 805. The second-order valence-corrected chi connectivity index (χ2v) is 6.53. The maximum absolute atomic E-state index is 6.43. The minimum absolute atomic E-state index is 0.562. The summed E-state index contributed by atoms with van der Waals surface area (Å²) in [5, 5.41) is 1.62. The van der Waals surface area contributed by atoms with E-state index in [1.165, 1.54) is 23.3 Å². The van der Waals surface area contributed by atoms with E-state index in [0.29, 0.717) is 11.0 Å². The molecule has 0 aromatic carbocycles. The molecule has 0 spiro atoms. The van der Waals surface area contributed by atoms with Crippen molar-refractivity contribution in [1.29, 1.82) is 0 Å². The summed E-state index contributed by atoms with van der Waals surface area (Å²) in [6.07, 6.45) is 8.37. The maximum Gasteiger partial charge on any atom is 0.198 e. The smallest absolute Gasteiger partial charge is 0.198 e. The summed E-state index contributed by atoms with van der Waals surface area (Å²) >= 11 is 8.19. The fourth-order valence-corrected chi connectivity index (χ4v) is 4.39. The highest BCUT2D eigenvalue weighted by Crippen LogP contribution is 2.39. The van der Waals surface area contributed by atoms with Gasteiger partial charge in [0.25, 0.3) is 0 Å². The third-order valence-electron chi connectivity index (χ3n) is 3.79. The highest BCUT2D eigenvalue weighted by Gasteiger charge is 2.21. The highest BCUT2D eigenvalue weighted by atomic mass is 35.5. The van der Waals surface area contributed by atoms with E-state index in [1.54, 1.807) is 17.5 Å². The first-order chi connectivity index (χ1) is 9.74. The predicted molar refractivity (Wildman–Crippen MR) is 81.3 cm³/mol. The average Bonchev–Trinajstić information content (AvgIpc) is 3.01. The number of halogens is 1. The van der Waals surface area contributed by atoms with Gasteiger partial charge in [-0.2, -0.15) is 0 Å². The van der Waals surface area contributed by atoms with E-state index in [-0.39, 0.29) is 0 Å². The summed E-state index contributed by atoms with van der Waals surface area (Å²) < 4.78 is 1.91. The van der Waals surface area contributed by atoms with Crippen LogP contribution in [0.2, 0.25) is 5.15 Å². The molecule has 1 aliphatic rings. The van der Waals surface area contributed by atoms with Gasteiger partial charge in [-0.3, -0.25) is 0 Å². The first-order valence-electron chi connectivity index (χ1n) is 6.69. The summed E-state index contributed by atoms with van der Waals surface area (Å²) in [4.78, 5) is 15.9. The Morgan fingerprint density at radius 1 is 1.25 bits per heavy atom. The number of aromatic nitrogens is 4. The lowest BCUT2D eigenvalue weighted by Gasteiger charge is -2.10. The first-order valence-corrected chi connectivity index (χ1v) is 7.89. The molecule has 0 saturated carbocycles. The topological polar surface area (TPSA) is 43.6 Å². The summed E-state index contributed by atoms with van der Waals surface area (Å²) in [6.45, 7) is 0. The summed E-state index contributed by atoms with van der Waals surface area (Å²) in [5.41, 5.74) is 1.37. The number of imidazole rings is 1. The van der Waals surface area contributed by atoms with E-state index < -0.39 is 0 Å². The van der Waals surface area contributed by atoms with Crippen molar-refractivity contribution < 1.29 is 0 Å². The van der Waals surface area contributed by atoms with Gasteiger partial charge in [0, 0.05) is 24.3 Å². The van der Waals surface area contributed by atoms with E-state index in [2.05, 4.69) is 15.0 Å². The molecule has 4 nitrogen and oxygen atoms in total. The SMILES string of the molecule is Cn1ccnc1-c1nc(Cl)c2c3c(sc2n1)CCCC3. The fraction of sp³-hybridized carbons (Fsp3) is 0.357. The molecule has 0 fully saturated rings. The van der Waals surface area contributed by atoms with Crippen molar-refractivity contribution in [2.24, 2.45) is 7.05 Å². The van der Waals surface area contributed by atoms with Gasteiger partial charge in [0.1, 0.15) is 9.98 Å². The Morgan fingerprint density at radius 3 is 2.90 bits per heavy atom. The number of aryl methyl sites for hydroxylation is 3. The third kappa shape index (κ3) is 1.77. The molecular formula is C14H13ClN4S. The number of hydrogen-bond acceptors (Lipinski definition) is 4. The lowest BCUT2D eigenvalue weighted by atomic mass is 9.97. The van der Waals surface area contributed by atoms with Crippen molar-refractivity contribution in [3.8, 4) is 11.6 Å². The van der Waals surface area contributed by atoms with Crippen LogP contribution in [0.15, 0.2) is 12.4 Å². The van der Waals surface area contributed by atoms with E-state index in [0.717, 1.165) is 28.9 Å². The fourth-order valence-electron chi connectivity index (χ4n) is 2.79. The van der Waals surface area contributed by atoms with Crippen molar-refractivity contribution in [1.82, 2.24) is 19.5 Å². The molecule has 1 aliphatic carbocycles. The van der Waals surface area contributed by atoms with Gasteiger partial charge in [-0.1, -0.05) is 11.6 Å². The maximum atomic E-state index is 6.43. The zero-order chi connectivity index (χ0) is 13.7. The quantitative estimate of drug-likeness (QED) is 0.645. The van der Waals surface area contributed by atoms with Crippen LogP contribution >= 0.6 is 22.9 Å². The number of nitrogens with zero attached hydrogens (tertiary/aromatic N) is 4. The average molecular weight is 305 g/mol. The van der Waals surface area contributed by atoms with Crippen LogP contribution in [-0.4, -0.2) is 19.5 Å². The number of hydrogen-bond donors (Lipinski definition) is 0. The summed E-state index contributed by atoms with van der Waals surface area (Å²) in [5.74, 6) is 1.36. The lowest BCUT2D eigenvalue weighted by Crippen LogP contribution is -2.00. The molecule has 3 aromatic heterocycles. The monoisotopic (exact) mass is 304 g/mol. The Hall–Kier alpha value is -1.46. The molecule has 0 amide bonds. The van der Waals surface area contributed by atoms with Gasteiger partial charge in [-0.05, 0) is 31.2 Å². The van der Waals surface area contributed by atoms with Crippen LogP contribution in [-0.2, 0) is 19.9 Å². The van der Waals surface area contributed by atoms with Crippen LogP contribution in [0.3, 0.4) is 0 Å². The molecule has 4 rings (SSSR count). The zero-order valence-corrected chi connectivity index (χ0v) is 12.6. The zero-order valence-electron chi connectivity index (χ0n) is 11.1.